The van der Waals surface area contributed by atoms with Gasteiger partial charge in [-0.3, -0.25) is 0 Å². The molecule has 1 aromatic carbocycles. The van der Waals surface area contributed by atoms with Crippen LogP contribution in [0.2, 0.25) is 0 Å². The number of pyridine rings is 1. The maximum Gasteiger partial charge on any atom is 0.356 e. The lowest BCUT2D eigenvalue weighted by atomic mass is 10.2. The third kappa shape index (κ3) is 4.53. The zero-order chi connectivity index (χ0) is 15.0. The molecule has 0 radical (unpaired) electrons. The number of rotatable bonds is 3. The third-order valence-electron chi connectivity index (χ3n) is 2.26. The molecule has 0 saturated heterocycles. The fourth-order valence-electron chi connectivity index (χ4n) is 1.38. The Bertz CT molecular complexity index is 622. The molecule has 1 N–H and O–H groups in total. The lowest BCUT2D eigenvalue weighted by Crippen LogP contribution is -2.06. The summed E-state index contributed by atoms with van der Waals surface area (Å²) < 4.78 is 4.88. The SMILES string of the molecule is C=CC(=O)O.CCOC(=O)c1ccc2ccccc2n1. The van der Waals surface area contributed by atoms with Gasteiger partial charge in [-0.2, -0.15) is 0 Å². The molecule has 0 amide bonds. The van der Waals surface area contributed by atoms with Crippen molar-refractivity contribution < 1.29 is 19.4 Å². The predicted molar refractivity (Wildman–Crippen MR) is 75.5 cm³/mol. The first-order chi connectivity index (χ1) is 9.58. The molecule has 0 atom stereocenters. The average molecular weight is 273 g/mol. The Morgan fingerprint density at radius 3 is 2.55 bits per heavy atom. The lowest BCUT2D eigenvalue weighted by molar-refractivity contribution is -0.131. The van der Waals surface area contributed by atoms with E-state index in [9.17, 15) is 9.59 Å². The molecule has 0 bridgehead atoms. The van der Waals surface area contributed by atoms with Crippen molar-refractivity contribution in [2.75, 3.05) is 6.61 Å². The van der Waals surface area contributed by atoms with Crippen molar-refractivity contribution in [2.24, 2.45) is 0 Å². The highest BCUT2D eigenvalue weighted by atomic mass is 16.5. The van der Waals surface area contributed by atoms with Gasteiger partial charge < -0.3 is 9.84 Å². The third-order valence-corrected chi connectivity index (χ3v) is 2.26. The monoisotopic (exact) mass is 273 g/mol. The zero-order valence-electron chi connectivity index (χ0n) is 11.1. The summed E-state index contributed by atoms with van der Waals surface area (Å²) in [4.78, 5) is 24.9. The molecular weight excluding hydrogens is 258 g/mol. The van der Waals surface area contributed by atoms with Crippen LogP contribution in [0.15, 0.2) is 49.1 Å². The number of nitrogens with zero attached hydrogens (tertiary/aromatic N) is 1. The van der Waals surface area contributed by atoms with E-state index in [-0.39, 0.29) is 5.97 Å². The van der Waals surface area contributed by atoms with E-state index in [0.29, 0.717) is 12.3 Å². The molecule has 5 heteroatoms. The standard InChI is InChI=1S/C12H11NO2.C3H4O2/c1-2-15-12(14)11-8-7-9-5-3-4-6-10(9)13-11;1-2-3(4)5/h3-8H,2H2,1H3;2H,1H2,(H,4,5). The molecule has 104 valence electrons. The number of hydrogen-bond acceptors (Lipinski definition) is 4. The largest absolute Gasteiger partial charge is 0.478 e. The van der Waals surface area contributed by atoms with Gasteiger partial charge in [-0.1, -0.05) is 30.8 Å². The Morgan fingerprint density at radius 2 is 1.95 bits per heavy atom. The number of carboxylic acids is 1. The van der Waals surface area contributed by atoms with Gasteiger partial charge in [-0.15, -0.1) is 0 Å². The predicted octanol–water partition coefficient (Wildman–Crippen LogP) is 2.67. The number of ether oxygens (including phenoxy) is 1. The number of carbonyl (C=O) groups is 2. The van der Waals surface area contributed by atoms with Gasteiger partial charge in [0.2, 0.25) is 0 Å². The maximum absolute atomic E-state index is 11.4. The molecular formula is C15H15NO4. The van der Waals surface area contributed by atoms with Gasteiger partial charge in [0.1, 0.15) is 5.69 Å². The van der Waals surface area contributed by atoms with E-state index in [0.717, 1.165) is 17.0 Å². The molecule has 1 heterocycles. The number of fused-ring (bicyclic) bond motifs is 1. The highest BCUT2D eigenvalue weighted by Crippen LogP contribution is 2.12. The van der Waals surface area contributed by atoms with Crippen molar-refractivity contribution in [3.8, 4) is 0 Å². The lowest BCUT2D eigenvalue weighted by Gasteiger charge is -2.02. The molecule has 0 aliphatic carbocycles. The van der Waals surface area contributed by atoms with E-state index in [1.165, 1.54) is 0 Å². The van der Waals surface area contributed by atoms with Crippen LogP contribution in [0.5, 0.6) is 0 Å². The highest BCUT2D eigenvalue weighted by Gasteiger charge is 2.07. The molecule has 0 unspecified atom stereocenters. The van der Waals surface area contributed by atoms with Crippen molar-refractivity contribution in [1.82, 2.24) is 4.98 Å². The average Bonchev–Trinajstić information content (AvgIpc) is 2.47. The van der Waals surface area contributed by atoms with Crippen molar-refractivity contribution in [3.63, 3.8) is 0 Å². The van der Waals surface area contributed by atoms with Crippen molar-refractivity contribution >= 4 is 22.8 Å². The number of carboxylic acid groups (broad SMARTS) is 1. The van der Waals surface area contributed by atoms with E-state index >= 15 is 0 Å². The number of esters is 1. The summed E-state index contributed by atoms with van der Waals surface area (Å²) in [7, 11) is 0. The Hall–Kier alpha value is -2.69. The molecule has 1 aromatic heterocycles. The van der Waals surface area contributed by atoms with Gasteiger partial charge in [0.25, 0.3) is 0 Å². The minimum Gasteiger partial charge on any atom is -0.478 e. The summed E-state index contributed by atoms with van der Waals surface area (Å²) in [5, 5.41) is 8.62. The molecule has 0 aliphatic rings. The van der Waals surface area contributed by atoms with E-state index in [2.05, 4.69) is 11.6 Å². The maximum atomic E-state index is 11.4. The number of para-hydroxylation sites is 1. The Balaban J connectivity index is 0.000000347. The number of aromatic nitrogens is 1. The van der Waals surface area contributed by atoms with Crippen LogP contribution in [0.3, 0.4) is 0 Å². The van der Waals surface area contributed by atoms with Gasteiger partial charge in [0.15, 0.2) is 0 Å². The summed E-state index contributed by atoms with van der Waals surface area (Å²) in [6, 6.07) is 11.2. The minimum absolute atomic E-state index is 0.357. The fraction of sp³-hybridized carbons (Fsp3) is 0.133. The van der Waals surface area contributed by atoms with Crippen molar-refractivity contribution in [2.45, 2.75) is 6.92 Å². The van der Waals surface area contributed by atoms with Crippen LogP contribution in [-0.4, -0.2) is 28.6 Å². The van der Waals surface area contributed by atoms with Crippen LogP contribution in [0, 0.1) is 0 Å². The van der Waals surface area contributed by atoms with Crippen molar-refractivity contribution in [1.29, 1.82) is 0 Å². The van der Waals surface area contributed by atoms with Crippen LogP contribution in [0.25, 0.3) is 10.9 Å². The molecule has 2 rings (SSSR count). The number of benzene rings is 1. The highest BCUT2D eigenvalue weighted by molar-refractivity contribution is 5.90. The van der Waals surface area contributed by atoms with Crippen LogP contribution < -0.4 is 0 Å². The van der Waals surface area contributed by atoms with Gasteiger partial charge >= 0.3 is 11.9 Å². The van der Waals surface area contributed by atoms with Gasteiger partial charge in [0.05, 0.1) is 12.1 Å². The summed E-state index contributed by atoms with van der Waals surface area (Å²) in [6.45, 7) is 5.11. The second kappa shape index (κ2) is 7.68. The van der Waals surface area contributed by atoms with Gasteiger partial charge in [-0.25, -0.2) is 14.6 Å². The molecule has 0 spiro atoms. The molecule has 0 aliphatic heterocycles. The second-order valence-corrected chi connectivity index (χ2v) is 3.65. The van der Waals surface area contributed by atoms with Crippen LogP contribution >= 0.6 is 0 Å². The molecule has 0 fully saturated rings. The Labute approximate surface area is 116 Å². The van der Waals surface area contributed by atoms with E-state index in [1.54, 1.807) is 13.0 Å². The summed E-state index contributed by atoms with van der Waals surface area (Å²) in [5.74, 6) is -1.35. The smallest absolute Gasteiger partial charge is 0.356 e. The molecule has 0 saturated carbocycles. The van der Waals surface area contributed by atoms with E-state index < -0.39 is 5.97 Å². The first-order valence-corrected chi connectivity index (χ1v) is 5.96. The van der Waals surface area contributed by atoms with Crippen LogP contribution in [0.4, 0.5) is 0 Å². The van der Waals surface area contributed by atoms with E-state index in [4.69, 9.17) is 9.84 Å². The van der Waals surface area contributed by atoms with Crippen LogP contribution in [0.1, 0.15) is 17.4 Å². The second-order valence-electron chi connectivity index (χ2n) is 3.65. The zero-order valence-corrected chi connectivity index (χ0v) is 11.1. The first kappa shape index (κ1) is 15.4. The van der Waals surface area contributed by atoms with Crippen molar-refractivity contribution in [3.05, 3.63) is 54.7 Å². The molecule has 20 heavy (non-hydrogen) atoms. The minimum atomic E-state index is -0.981. The summed E-state index contributed by atoms with van der Waals surface area (Å²) in [5.41, 5.74) is 1.17. The number of aliphatic carboxylic acids is 1. The number of hydrogen-bond donors (Lipinski definition) is 1. The normalized spacial score (nSPS) is 9.25. The van der Waals surface area contributed by atoms with Gasteiger partial charge in [0, 0.05) is 11.5 Å². The first-order valence-electron chi connectivity index (χ1n) is 5.96. The molecule has 2 aromatic rings. The summed E-state index contributed by atoms with van der Waals surface area (Å²) >= 11 is 0. The fourth-order valence-corrected chi connectivity index (χ4v) is 1.38. The topological polar surface area (TPSA) is 76.5 Å². The van der Waals surface area contributed by atoms with E-state index in [1.807, 2.05) is 30.3 Å². The number of carbonyl (C=O) groups excluding carboxylic acids is 1. The molecule has 5 nitrogen and oxygen atoms in total. The van der Waals surface area contributed by atoms with Gasteiger partial charge in [-0.05, 0) is 19.1 Å². The van der Waals surface area contributed by atoms with Crippen LogP contribution in [-0.2, 0) is 9.53 Å². The quantitative estimate of drug-likeness (QED) is 0.687. The Kier molecular flexibility index (Phi) is 5.90. The Morgan fingerprint density at radius 1 is 1.30 bits per heavy atom. The summed E-state index contributed by atoms with van der Waals surface area (Å²) in [6.07, 6.45) is 0.833.